The topological polar surface area (TPSA) is 70.8 Å². The van der Waals surface area contributed by atoms with Crippen LogP contribution in [0.25, 0.3) is 11.0 Å². The molecule has 0 bridgehead atoms. The number of likely N-dealkylation sites (tertiary alicyclic amines) is 1. The third-order valence-corrected chi connectivity index (χ3v) is 6.49. The molecule has 1 aliphatic rings. The molecule has 0 radical (unpaired) electrons. The van der Waals surface area contributed by atoms with Crippen molar-refractivity contribution in [3.05, 3.63) is 35.1 Å². The van der Waals surface area contributed by atoms with Gasteiger partial charge in [-0.1, -0.05) is 18.2 Å². The van der Waals surface area contributed by atoms with Crippen molar-refractivity contribution in [2.45, 2.75) is 32.7 Å². The molecule has 0 atom stereocenters. The summed E-state index contributed by atoms with van der Waals surface area (Å²) in [6.45, 7) is 4.92. The zero-order valence-corrected chi connectivity index (χ0v) is 15.9. The number of carbonyl (C=O) groups excluding carboxylic acids is 1. The lowest BCUT2D eigenvalue weighted by Crippen LogP contribution is -2.47. The highest BCUT2D eigenvalue weighted by Gasteiger charge is 2.31. The molecule has 1 amide bonds. The van der Waals surface area contributed by atoms with Gasteiger partial charge >= 0.3 is 0 Å². The highest BCUT2D eigenvalue weighted by Crippen LogP contribution is 2.29. The second kappa shape index (κ2) is 6.46. The fourth-order valence-corrected chi connectivity index (χ4v) is 4.19. The summed E-state index contributed by atoms with van der Waals surface area (Å²) in [5.41, 5.74) is 2.63. The van der Waals surface area contributed by atoms with Gasteiger partial charge in [-0.05, 0) is 32.3 Å². The molecule has 25 heavy (non-hydrogen) atoms. The van der Waals surface area contributed by atoms with Gasteiger partial charge in [0.15, 0.2) is 5.76 Å². The summed E-state index contributed by atoms with van der Waals surface area (Å²) in [6.07, 6.45) is 2.48. The Hall–Kier alpha value is -1.86. The van der Waals surface area contributed by atoms with Gasteiger partial charge in [0.1, 0.15) is 5.58 Å². The maximum atomic E-state index is 12.9. The molecule has 0 saturated carbocycles. The first-order valence-corrected chi connectivity index (χ1v) is 10.3. The van der Waals surface area contributed by atoms with E-state index in [1.165, 1.54) is 10.6 Å². The molecule has 136 valence electrons. The molecule has 0 spiro atoms. The van der Waals surface area contributed by atoms with Crippen LogP contribution in [0.3, 0.4) is 0 Å². The third kappa shape index (κ3) is 3.30. The molecule has 1 aromatic carbocycles. The molecular formula is C18H24N2O4S. The van der Waals surface area contributed by atoms with Crippen LogP contribution in [0.15, 0.2) is 22.6 Å². The summed E-state index contributed by atoms with van der Waals surface area (Å²) < 4.78 is 30.6. The van der Waals surface area contributed by atoms with Gasteiger partial charge in [0, 0.05) is 37.1 Å². The second-order valence-electron chi connectivity index (χ2n) is 6.81. The van der Waals surface area contributed by atoms with Crippen LogP contribution in [0.5, 0.6) is 0 Å². The van der Waals surface area contributed by atoms with Gasteiger partial charge in [-0.2, -0.15) is 0 Å². The quantitative estimate of drug-likeness (QED) is 0.839. The molecular weight excluding hydrogens is 340 g/mol. The molecule has 0 N–H and O–H groups in total. The van der Waals surface area contributed by atoms with Crippen LogP contribution >= 0.6 is 0 Å². The number of hydrogen-bond acceptors (Lipinski definition) is 4. The molecule has 1 aliphatic heterocycles. The predicted octanol–water partition coefficient (Wildman–Crippen LogP) is 2.55. The van der Waals surface area contributed by atoms with E-state index in [2.05, 4.69) is 0 Å². The van der Waals surface area contributed by atoms with E-state index in [-0.39, 0.29) is 11.9 Å². The molecule has 1 saturated heterocycles. The number of sulfonamides is 1. The number of fused-ring (bicyclic) bond motifs is 1. The van der Waals surface area contributed by atoms with Gasteiger partial charge < -0.3 is 9.32 Å². The molecule has 7 heteroatoms. The van der Waals surface area contributed by atoms with Crippen molar-refractivity contribution in [1.82, 2.24) is 9.21 Å². The maximum Gasteiger partial charge on any atom is 0.289 e. The molecule has 1 aromatic heterocycles. The lowest BCUT2D eigenvalue weighted by molar-refractivity contribution is 0.0656. The van der Waals surface area contributed by atoms with Gasteiger partial charge in [-0.25, -0.2) is 12.7 Å². The summed E-state index contributed by atoms with van der Waals surface area (Å²) >= 11 is 0. The Bertz CT molecular complexity index is 909. The van der Waals surface area contributed by atoms with E-state index in [4.69, 9.17) is 4.42 Å². The van der Waals surface area contributed by atoms with E-state index in [0.29, 0.717) is 31.7 Å². The van der Waals surface area contributed by atoms with E-state index in [9.17, 15) is 13.2 Å². The second-order valence-corrected chi connectivity index (χ2v) is 8.85. The first-order valence-electron chi connectivity index (χ1n) is 8.41. The average molecular weight is 364 g/mol. The number of furan rings is 1. The number of piperidine rings is 1. The number of aryl methyl sites for hydroxylation is 2. The Morgan fingerprint density at radius 3 is 2.44 bits per heavy atom. The number of carbonyl (C=O) groups is 1. The van der Waals surface area contributed by atoms with E-state index >= 15 is 0 Å². The number of benzene rings is 1. The largest absolute Gasteiger partial charge is 0.450 e. The lowest BCUT2D eigenvalue weighted by atomic mass is 10.0. The number of hydrogen-bond donors (Lipinski definition) is 0. The number of rotatable bonds is 3. The van der Waals surface area contributed by atoms with Crippen molar-refractivity contribution in [3.63, 3.8) is 0 Å². The van der Waals surface area contributed by atoms with Crippen LogP contribution in [0.2, 0.25) is 0 Å². The van der Waals surface area contributed by atoms with Crippen LogP contribution < -0.4 is 0 Å². The SMILES string of the molecule is Cc1c(C(=O)N2CCC(N(C)S(C)(=O)=O)CC2)oc2c(C)cccc12. The highest BCUT2D eigenvalue weighted by molar-refractivity contribution is 7.88. The molecule has 6 nitrogen and oxygen atoms in total. The number of amides is 1. The smallest absolute Gasteiger partial charge is 0.289 e. The Balaban J connectivity index is 1.78. The molecule has 2 heterocycles. The highest BCUT2D eigenvalue weighted by atomic mass is 32.2. The maximum absolute atomic E-state index is 12.9. The first kappa shape index (κ1) is 17.9. The van der Waals surface area contributed by atoms with Crippen LogP contribution in [-0.2, 0) is 10.0 Å². The minimum absolute atomic E-state index is 0.0573. The van der Waals surface area contributed by atoms with Gasteiger partial charge in [0.2, 0.25) is 10.0 Å². The third-order valence-electron chi connectivity index (χ3n) is 5.14. The minimum atomic E-state index is -3.21. The summed E-state index contributed by atoms with van der Waals surface area (Å²) in [6, 6.07) is 5.83. The Morgan fingerprint density at radius 2 is 1.88 bits per heavy atom. The normalized spacial score (nSPS) is 16.8. The number of para-hydroxylation sites is 1. The van der Waals surface area contributed by atoms with Crippen molar-refractivity contribution >= 4 is 26.9 Å². The van der Waals surface area contributed by atoms with E-state index < -0.39 is 10.0 Å². The Morgan fingerprint density at radius 1 is 1.24 bits per heavy atom. The predicted molar refractivity (Wildman–Crippen MR) is 97.2 cm³/mol. The standard InChI is InChI=1S/C18H24N2O4S/c1-12-6-5-7-15-13(2)17(24-16(12)15)18(21)20-10-8-14(9-11-20)19(3)25(4,22)23/h5-7,14H,8-11H2,1-4H3. The lowest BCUT2D eigenvalue weighted by Gasteiger charge is -2.35. The van der Waals surface area contributed by atoms with E-state index in [1.54, 1.807) is 11.9 Å². The molecule has 1 fully saturated rings. The molecule has 0 unspecified atom stereocenters. The first-order chi connectivity index (χ1) is 11.7. The fraction of sp³-hybridized carbons (Fsp3) is 0.500. The summed E-state index contributed by atoms with van der Waals surface area (Å²) in [5, 5.41) is 0.968. The van der Waals surface area contributed by atoms with Crippen LogP contribution in [0.1, 0.15) is 34.5 Å². The average Bonchev–Trinajstić information content (AvgIpc) is 2.91. The fourth-order valence-electron chi connectivity index (χ4n) is 3.44. The zero-order valence-electron chi connectivity index (χ0n) is 15.1. The zero-order chi connectivity index (χ0) is 18.4. The van der Waals surface area contributed by atoms with Crippen molar-refractivity contribution in [3.8, 4) is 0 Å². The summed E-state index contributed by atoms with van der Waals surface area (Å²) in [4.78, 5) is 14.6. The van der Waals surface area contributed by atoms with Gasteiger partial charge in [-0.3, -0.25) is 4.79 Å². The van der Waals surface area contributed by atoms with Crippen molar-refractivity contribution in [2.75, 3.05) is 26.4 Å². The Labute approximate surface area is 148 Å². The van der Waals surface area contributed by atoms with Crippen molar-refractivity contribution in [1.29, 1.82) is 0 Å². The van der Waals surface area contributed by atoms with E-state index in [0.717, 1.165) is 22.1 Å². The summed E-state index contributed by atoms with van der Waals surface area (Å²) in [5.74, 6) is 0.271. The number of nitrogens with zero attached hydrogens (tertiary/aromatic N) is 2. The Kier molecular flexibility index (Phi) is 4.64. The van der Waals surface area contributed by atoms with Gasteiger partial charge in [-0.15, -0.1) is 0 Å². The van der Waals surface area contributed by atoms with Gasteiger partial charge in [0.25, 0.3) is 5.91 Å². The monoisotopic (exact) mass is 364 g/mol. The van der Waals surface area contributed by atoms with Crippen LogP contribution in [0.4, 0.5) is 0 Å². The molecule has 2 aromatic rings. The minimum Gasteiger partial charge on any atom is -0.450 e. The van der Waals surface area contributed by atoms with Crippen LogP contribution in [0, 0.1) is 13.8 Å². The van der Waals surface area contributed by atoms with Crippen molar-refractivity contribution < 1.29 is 17.6 Å². The molecule has 3 rings (SSSR count). The molecule has 0 aliphatic carbocycles. The van der Waals surface area contributed by atoms with Gasteiger partial charge in [0.05, 0.1) is 6.26 Å². The summed E-state index contributed by atoms with van der Waals surface area (Å²) in [7, 11) is -1.61. The van der Waals surface area contributed by atoms with E-state index in [1.807, 2.05) is 32.0 Å². The van der Waals surface area contributed by atoms with Crippen molar-refractivity contribution in [2.24, 2.45) is 0 Å². The van der Waals surface area contributed by atoms with Crippen LogP contribution in [-0.4, -0.2) is 56.0 Å².